The summed E-state index contributed by atoms with van der Waals surface area (Å²) in [7, 11) is -3.82. The molecule has 0 aromatic heterocycles. The summed E-state index contributed by atoms with van der Waals surface area (Å²) < 4.78 is 64.2. The molecule has 160 valence electrons. The Bertz CT molecular complexity index is 1060. The normalized spacial score (nSPS) is 15.6. The quantitative estimate of drug-likeness (QED) is 0.416. The second kappa shape index (κ2) is 8.40. The number of rotatable bonds is 6. The number of nitrogens with one attached hydrogen (secondary N) is 1. The van der Waals surface area contributed by atoms with E-state index in [0.717, 1.165) is 31.0 Å². The molecule has 1 saturated heterocycles. The van der Waals surface area contributed by atoms with Crippen molar-refractivity contribution < 1.29 is 26.5 Å². The van der Waals surface area contributed by atoms with Crippen LogP contribution in [-0.4, -0.2) is 37.0 Å². The summed E-state index contributed by atoms with van der Waals surface area (Å²) in [6.45, 7) is 0.737. The van der Waals surface area contributed by atoms with Gasteiger partial charge >= 0.3 is 6.18 Å². The minimum absolute atomic E-state index is 0.0523. The van der Waals surface area contributed by atoms with Crippen molar-refractivity contribution in [2.24, 2.45) is 5.10 Å². The summed E-state index contributed by atoms with van der Waals surface area (Å²) in [5.41, 5.74) is 1.43. The van der Waals surface area contributed by atoms with Crippen LogP contribution in [0.5, 0.6) is 0 Å². The number of hydrogen-bond donors (Lipinski definition) is 1. The molecule has 1 fully saturated rings. The van der Waals surface area contributed by atoms with Crippen LogP contribution in [0.1, 0.15) is 24.0 Å². The first-order chi connectivity index (χ1) is 14.1. The zero-order chi connectivity index (χ0) is 21.9. The van der Waals surface area contributed by atoms with E-state index in [1.165, 1.54) is 34.8 Å². The van der Waals surface area contributed by atoms with Crippen molar-refractivity contribution in [1.82, 2.24) is 4.31 Å². The molecule has 12 heteroatoms. The fraction of sp³-hybridized carbons (Fsp3) is 0.278. The standard InChI is InChI=1S/C18H17F3N4O4S/c19-18(20,21)14-5-3-13(4-6-14)12-22-23-16-8-7-15(11-17(16)25(26)27)30(28,29)24-9-1-2-10-24/h3-8,11-12,23H,1-2,9-10H2/b22-12-. The maximum atomic E-state index is 12.6. The van der Waals surface area contributed by atoms with Crippen LogP contribution in [0.3, 0.4) is 0 Å². The van der Waals surface area contributed by atoms with Crippen LogP contribution < -0.4 is 5.43 Å². The molecule has 8 nitrogen and oxygen atoms in total. The van der Waals surface area contributed by atoms with Crippen LogP contribution in [0.4, 0.5) is 24.5 Å². The number of halogens is 3. The summed E-state index contributed by atoms with van der Waals surface area (Å²) in [4.78, 5) is 10.5. The fourth-order valence-corrected chi connectivity index (χ4v) is 4.47. The molecule has 0 bridgehead atoms. The monoisotopic (exact) mass is 442 g/mol. The van der Waals surface area contributed by atoms with Crippen molar-refractivity contribution >= 4 is 27.6 Å². The average molecular weight is 442 g/mol. The van der Waals surface area contributed by atoms with Crippen molar-refractivity contribution in [3.63, 3.8) is 0 Å². The van der Waals surface area contributed by atoms with E-state index in [2.05, 4.69) is 10.5 Å². The van der Waals surface area contributed by atoms with E-state index < -0.39 is 32.4 Å². The molecule has 30 heavy (non-hydrogen) atoms. The maximum absolute atomic E-state index is 12.6. The first-order valence-electron chi connectivity index (χ1n) is 8.84. The number of nitro groups is 1. The van der Waals surface area contributed by atoms with E-state index in [0.29, 0.717) is 18.7 Å². The Kier molecular flexibility index (Phi) is 6.08. The smallest absolute Gasteiger partial charge is 0.272 e. The fourth-order valence-electron chi connectivity index (χ4n) is 2.93. The number of hydrazone groups is 1. The highest BCUT2D eigenvalue weighted by Crippen LogP contribution is 2.31. The molecule has 3 rings (SSSR count). The Hall–Kier alpha value is -2.99. The van der Waals surface area contributed by atoms with E-state index in [1.54, 1.807) is 0 Å². The molecule has 0 amide bonds. The van der Waals surface area contributed by atoms with E-state index in [-0.39, 0.29) is 10.6 Å². The van der Waals surface area contributed by atoms with Crippen molar-refractivity contribution in [3.8, 4) is 0 Å². The van der Waals surface area contributed by atoms with Gasteiger partial charge in [0.05, 0.1) is 21.6 Å². The number of nitrogens with zero attached hydrogens (tertiary/aromatic N) is 3. The van der Waals surface area contributed by atoms with Crippen LogP contribution >= 0.6 is 0 Å². The van der Waals surface area contributed by atoms with Gasteiger partial charge in [-0.25, -0.2) is 8.42 Å². The van der Waals surface area contributed by atoms with E-state index in [9.17, 15) is 31.7 Å². The van der Waals surface area contributed by atoms with Gasteiger partial charge < -0.3 is 0 Å². The summed E-state index contributed by atoms with van der Waals surface area (Å²) >= 11 is 0. The minimum Gasteiger partial charge on any atom is -0.272 e. The van der Waals surface area contributed by atoms with Crippen LogP contribution in [0.2, 0.25) is 0 Å². The largest absolute Gasteiger partial charge is 0.416 e. The lowest BCUT2D eigenvalue weighted by Gasteiger charge is -2.15. The second-order valence-corrected chi connectivity index (χ2v) is 8.47. The Morgan fingerprint density at radius 1 is 1.10 bits per heavy atom. The zero-order valence-corrected chi connectivity index (χ0v) is 16.3. The first kappa shape index (κ1) is 21.7. The highest BCUT2D eigenvalue weighted by Gasteiger charge is 2.30. The van der Waals surface area contributed by atoms with Crippen LogP contribution in [0, 0.1) is 10.1 Å². The van der Waals surface area contributed by atoms with Gasteiger partial charge in [0.1, 0.15) is 5.69 Å². The van der Waals surface area contributed by atoms with Crippen molar-refractivity contribution in [3.05, 3.63) is 63.7 Å². The SMILES string of the molecule is O=[N+]([O-])c1cc(S(=O)(=O)N2CCCC2)ccc1N/N=C\c1ccc(C(F)(F)F)cc1. The average Bonchev–Trinajstić information content (AvgIpc) is 3.23. The van der Waals surface area contributed by atoms with Crippen LogP contribution in [-0.2, 0) is 16.2 Å². The number of benzene rings is 2. The topological polar surface area (TPSA) is 105 Å². The van der Waals surface area contributed by atoms with Gasteiger partial charge in [0.25, 0.3) is 5.69 Å². The molecule has 0 atom stereocenters. The maximum Gasteiger partial charge on any atom is 0.416 e. The van der Waals surface area contributed by atoms with E-state index >= 15 is 0 Å². The lowest BCUT2D eigenvalue weighted by atomic mass is 10.1. The number of anilines is 1. The molecule has 1 heterocycles. The summed E-state index contributed by atoms with van der Waals surface area (Å²) in [6, 6.07) is 7.62. The van der Waals surface area contributed by atoms with Crippen molar-refractivity contribution in [2.75, 3.05) is 18.5 Å². The second-order valence-electron chi connectivity index (χ2n) is 6.54. The van der Waals surface area contributed by atoms with Crippen LogP contribution in [0.15, 0.2) is 52.5 Å². The predicted octanol–water partition coefficient (Wildman–Crippen LogP) is 3.84. The number of sulfonamides is 1. The molecule has 0 aliphatic carbocycles. The highest BCUT2D eigenvalue weighted by molar-refractivity contribution is 7.89. The Labute approximate surface area is 170 Å². The summed E-state index contributed by atoms with van der Waals surface area (Å²) in [5.74, 6) is 0. The molecule has 0 radical (unpaired) electrons. The van der Waals surface area contributed by atoms with Gasteiger partial charge in [0.15, 0.2) is 0 Å². The number of hydrogen-bond acceptors (Lipinski definition) is 6. The molecular formula is C18H17F3N4O4S. The zero-order valence-electron chi connectivity index (χ0n) is 15.5. The molecule has 1 aliphatic heterocycles. The molecular weight excluding hydrogens is 425 g/mol. The Morgan fingerprint density at radius 3 is 2.30 bits per heavy atom. The van der Waals surface area contributed by atoms with Gasteiger partial charge in [-0.15, -0.1) is 0 Å². The Morgan fingerprint density at radius 2 is 1.73 bits per heavy atom. The summed E-state index contributed by atoms with van der Waals surface area (Å²) in [6.07, 6.45) is -1.79. The lowest BCUT2D eigenvalue weighted by molar-refractivity contribution is -0.384. The van der Waals surface area contributed by atoms with E-state index in [4.69, 9.17) is 0 Å². The number of alkyl halides is 3. The van der Waals surface area contributed by atoms with Gasteiger partial charge in [0.2, 0.25) is 10.0 Å². The first-order valence-corrected chi connectivity index (χ1v) is 10.3. The molecule has 2 aromatic rings. The van der Waals surface area contributed by atoms with E-state index in [1.807, 2.05) is 0 Å². The number of nitro benzene ring substituents is 1. The molecule has 0 saturated carbocycles. The molecule has 2 aromatic carbocycles. The third kappa shape index (κ3) is 4.76. The van der Waals surface area contributed by atoms with Gasteiger partial charge in [0, 0.05) is 19.2 Å². The van der Waals surface area contributed by atoms with Gasteiger partial charge in [-0.05, 0) is 42.7 Å². The van der Waals surface area contributed by atoms with Gasteiger partial charge in [-0.1, -0.05) is 12.1 Å². The molecule has 0 spiro atoms. The van der Waals surface area contributed by atoms with Crippen LogP contribution in [0.25, 0.3) is 0 Å². The third-order valence-corrected chi connectivity index (χ3v) is 6.40. The third-order valence-electron chi connectivity index (χ3n) is 4.51. The molecule has 1 N–H and O–H groups in total. The predicted molar refractivity (Wildman–Crippen MR) is 104 cm³/mol. The minimum atomic E-state index is -4.45. The van der Waals surface area contributed by atoms with Gasteiger partial charge in [-0.3, -0.25) is 15.5 Å². The van der Waals surface area contributed by atoms with Gasteiger partial charge in [-0.2, -0.15) is 22.6 Å². The molecule has 0 unspecified atom stereocenters. The Balaban J connectivity index is 1.79. The van der Waals surface area contributed by atoms with Crippen molar-refractivity contribution in [1.29, 1.82) is 0 Å². The van der Waals surface area contributed by atoms with Crippen molar-refractivity contribution in [2.45, 2.75) is 23.9 Å². The highest BCUT2D eigenvalue weighted by atomic mass is 32.2. The summed E-state index contributed by atoms with van der Waals surface area (Å²) in [5, 5.41) is 15.2. The lowest BCUT2D eigenvalue weighted by Crippen LogP contribution is -2.27. The molecule has 1 aliphatic rings.